The van der Waals surface area contributed by atoms with Crippen LogP contribution in [0.1, 0.15) is 6.42 Å². The fourth-order valence-electron chi connectivity index (χ4n) is 2.00. The summed E-state index contributed by atoms with van der Waals surface area (Å²) in [7, 11) is -2.01. The Hall–Kier alpha value is -1.37. The number of benzene rings is 1. The van der Waals surface area contributed by atoms with Crippen molar-refractivity contribution in [3.8, 4) is 0 Å². The number of rotatable bonds is 5. The number of para-hydroxylation sites is 1. The van der Waals surface area contributed by atoms with Crippen LogP contribution < -0.4 is 15.4 Å². The van der Waals surface area contributed by atoms with E-state index in [4.69, 9.17) is 0 Å². The predicted octanol–water partition coefficient (Wildman–Crippen LogP) is 0.926. The highest BCUT2D eigenvalue weighted by atomic mass is 32.2. The lowest BCUT2D eigenvalue weighted by atomic mass is 10.1. The normalized spacial score (nSPS) is 15.9. The fraction of sp³-hybridized carbons (Fsp3) is 0.385. The fourth-order valence-corrected chi connectivity index (χ4v) is 2.90. The number of nitrogens with one attached hydrogen (secondary N) is 3. The Morgan fingerprint density at radius 3 is 2.79 bits per heavy atom. The van der Waals surface area contributed by atoms with Gasteiger partial charge in [-0.1, -0.05) is 23.8 Å². The molecule has 1 heterocycles. The van der Waals surface area contributed by atoms with Crippen LogP contribution >= 0.6 is 0 Å². The monoisotopic (exact) mass is 281 g/mol. The Kier molecular flexibility index (Phi) is 4.57. The molecule has 2 rings (SSSR count). The zero-order valence-electron chi connectivity index (χ0n) is 10.9. The first-order chi connectivity index (χ1) is 9.13. The molecule has 1 aromatic carbocycles. The number of anilines is 1. The molecule has 0 spiro atoms. The second kappa shape index (κ2) is 6.18. The van der Waals surface area contributed by atoms with E-state index in [0.717, 1.165) is 19.5 Å². The number of sulfonamides is 1. The summed E-state index contributed by atoms with van der Waals surface area (Å²) in [6.45, 7) is 2.54. The molecule has 3 N–H and O–H groups in total. The maximum atomic E-state index is 11.9. The molecule has 0 aliphatic carbocycles. The van der Waals surface area contributed by atoms with Crippen molar-refractivity contribution in [2.24, 2.45) is 0 Å². The van der Waals surface area contributed by atoms with E-state index in [-0.39, 0.29) is 4.90 Å². The van der Waals surface area contributed by atoms with Crippen molar-refractivity contribution in [1.29, 1.82) is 0 Å². The topological polar surface area (TPSA) is 70.2 Å². The summed E-state index contributed by atoms with van der Waals surface area (Å²) in [5.74, 6) is 0. The zero-order chi connectivity index (χ0) is 13.7. The molecule has 0 bridgehead atoms. The van der Waals surface area contributed by atoms with Crippen LogP contribution in [0.2, 0.25) is 0 Å². The molecule has 1 aliphatic heterocycles. The Labute approximate surface area is 114 Å². The molecule has 19 heavy (non-hydrogen) atoms. The van der Waals surface area contributed by atoms with Gasteiger partial charge in [0.2, 0.25) is 10.0 Å². The highest BCUT2D eigenvalue weighted by molar-refractivity contribution is 7.89. The lowest BCUT2D eigenvalue weighted by Gasteiger charge is -2.16. The molecule has 6 heteroatoms. The molecule has 1 aliphatic rings. The first-order valence-corrected chi connectivity index (χ1v) is 7.77. The third kappa shape index (κ3) is 3.56. The molecule has 0 saturated carbocycles. The van der Waals surface area contributed by atoms with E-state index < -0.39 is 10.0 Å². The lowest BCUT2D eigenvalue weighted by molar-refractivity contribution is 0.588. The largest absolute Gasteiger partial charge is 0.380 e. The van der Waals surface area contributed by atoms with Gasteiger partial charge in [-0.2, -0.15) is 0 Å². The van der Waals surface area contributed by atoms with Gasteiger partial charge in [-0.3, -0.25) is 0 Å². The quantitative estimate of drug-likeness (QED) is 0.702. The van der Waals surface area contributed by atoms with Gasteiger partial charge in [0, 0.05) is 13.1 Å². The second-order valence-electron chi connectivity index (χ2n) is 4.37. The van der Waals surface area contributed by atoms with Crippen LogP contribution in [-0.4, -0.2) is 35.1 Å². The van der Waals surface area contributed by atoms with Crippen LogP contribution in [0.25, 0.3) is 0 Å². The molecule has 0 fully saturated rings. The molecular formula is C13H19N3O2S. The molecule has 1 aromatic rings. The predicted molar refractivity (Wildman–Crippen MR) is 76.7 cm³/mol. The maximum absolute atomic E-state index is 11.9. The Morgan fingerprint density at radius 2 is 2.11 bits per heavy atom. The summed E-state index contributed by atoms with van der Waals surface area (Å²) >= 11 is 0. The minimum atomic E-state index is -3.43. The molecule has 5 nitrogen and oxygen atoms in total. The van der Waals surface area contributed by atoms with Gasteiger partial charge in [0.15, 0.2) is 0 Å². The first-order valence-electron chi connectivity index (χ1n) is 6.28. The summed E-state index contributed by atoms with van der Waals surface area (Å²) in [4.78, 5) is 0.284. The van der Waals surface area contributed by atoms with Gasteiger partial charge >= 0.3 is 0 Å². The van der Waals surface area contributed by atoms with Crippen LogP contribution in [-0.2, 0) is 10.0 Å². The van der Waals surface area contributed by atoms with E-state index in [2.05, 4.69) is 21.4 Å². The van der Waals surface area contributed by atoms with Gasteiger partial charge in [-0.15, -0.1) is 0 Å². The Balaban J connectivity index is 2.14. The van der Waals surface area contributed by atoms with Gasteiger partial charge in [0.1, 0.15) is 4.90 Å². The molecule has 0 radical (unpaired) electrons. The van der Waals surface area contributed by atoms with E-state index in [1.54, 1.807) is 18.2 Å². The minimum Gasteiger partial charge on any atom is -0.380 e. The van der Waals surface area contributed by atoms with E-state index >= 15 is 0 Å². The van der Waals surface area contributed by atoms with Crippen molar-refractivity contribution < 1.29 is 8.42 Å². The van der Waals surface area contributed by atoms with Crippen molar-refractivity contribution in [3.05, 3.63) is 35.9 Å². The maximum Gasteiger partial charge on any atom is 0.242 e. The van der Waals surface area contributed by atoms with Crippen LogP contribution in [0.3, 0.4) is 0 Å². The summed E-state index contributed by atoms with van der Waals surface area (Å²) in [6.07, 6.45) is 3.14. The smallest absolute Gasteiger partial charge is 0.242 e. The third-order valence-corrected chi connectivity index (χ3v) is 4.58. The highest BCUT2D eigenvalue weighted by Crippen LogP contribution is 2.21. The molecule has 0 atom stereocenters. The van der Waals surface area contributed by atoms with Gasteiger partial charge in [-0.25, -0.2) is 13.1 Å². The molecule has 0 aromatic heterocycles. The summed E-state index contributed by atoms with van der Waals surface area (Å²) < 4.78 is 26.1. The van der Waals surface area contributed by atoms with Crippen LogP contribution in [0.15, 0.2) is 40.8 Å². The molecule has 0 saturated heterocycles. The summed E-state index contributed by atoms with van der Waals surface area (Å²) in [5, 5.41) is 6.46. The molecule has 104 valence electrons. The summed E-state index contributed by atoms with van der Waals surface area (Å²) in [6, 6.07) is 6.93. The SMILES string of the molecule is CNS(=O)(=O)c1ccccc1NCC1=CCNCC1. The lowest BCUT2D eigenvalue weighted by Crippen LogP contribution is -2.24. The van der Waals surface area contributed by atoms with Gasteiger partial charge < -0.3 is 10.6 Å². The van der Waals surface area contributed by atoms with Crippen molar-refractivity contribution in [2.75, 3.05) is 32.0 Å². The number of hydrogen-bond acceptors (Lipinski definition) is 4. The van der Waals surface area contributed by atoms with Crippen LogP contribution in [0.4, 0.5) is 5.69 Å². The van der Waals surface area contributed by atoms with Crippen molar-refractivity contribution in [2.45, 2.75) is 11.3 Å². The van der Waals surface area contributed by atoms with Crippen molar-refractivity contribution >= 4 is 15.7 Å². The minimum absolute atomic E-state index is 0.284. The molecule has 0 unspecified atom stereocenters. The van der Waals surface area contributed by atoms with Crippen molar-refractivity contribution in [1.82, 2.24) is 10.0 Å². The Bertz CT molecular complexity index is 567. The standard InChI is InChI=1S/C13H19N3O2S/c1-14-19(17,18)13-5-3-2-4-12(13)16-10-11-6-8-15-9-7-11/h2-6,14-16H,7-10H2,1H3. The summed E-state index contributed by atoms with van der Waals surface area (Å²) in [5.41, 5.74) is 1.94. The van der Waals surface area contributed by atoms with E-state index in [1.165, 1.54) is 12.6 Å². The Morgan fingerprint density at radius 1 is 1.32 bits per heavy atom. The highest BCUT2D eigenvalue weighted by Gasteiger charge is 2.15. The first kappa shape index (κ1) is 14.0. The van der Waals surface area contributed by atoms with Crippen LogP contribution in [0, 0.1) is 0 Å². The average molecular weight is 281 g/mol. The molecule has 0 amide bonds. The van der Waals surface area contributed by atoms with Crippen molar-refractivity contribution in [3.63, 3.8) is 0 Å². The van der Waals surface area contributed by atoms with Gasteiger partial charge in [0.25, 0.3) is 0 Å². The van der Waals surface area contributed by atoms with E-state index in [1.807, 2.05) is 6.07 Å². The van der Waals surface area contributed by atoms with E-state index in [0.29, 0.717) is 12.2 Å². The third-order valence-electron chi connectivity index (χ3n) is 3.11. The zero-order valence-corrected chi connectivity index (χ0v) is 11.8. The van der Waals surface area contributed by atoms with E-state index in [9.17, 15) is 8.42 Å². The second-order valence-corrected chi connectivity index (χ2v) is 6.23. The average Bonchev–Trinajstić information content (AvgIpc) is 2.46. The molecular weight excluding hydrogens is 262 g/mol. The number of hydrogen-bond donors (Lipinski definition) is 3. The van der Waals surface area contributed by atoms with Gasteiger partial charge in [-0.05, 0) is 32.1 Å². The van der Waals surface area contributed by atoms with Gasteiger partial charge in [0.05, 0.1) is 5.69 Å². The van der Waals surface area contributed by atoms with Crippen LogP contribution in [0.5, 0.6) is 0 Å².